The van der Waals surface area contributed by atoms with Crippen LogP contribution in [0, 0.1) is 0 Å². The van der Waals surface area contributed by atoms with Crippen molar-refractivity contribution >= 4 is 11.8 Å². The van der Waals surface area contributed by atoms with E-state index in [1.165, 1.54) is 31.5 Å². The summed E-state index contributed by atoms with van der Waals surface area (Å²) in [5.74, 6) is 1.79. The van der Waals surface area contributed by atoms with Crippen LogP contribution in [0.4, 0.5) is 0 Å². The molecule has 2 saturated carbocycles. The molecule has 0 bridgehead atoms. The Bertz CT molecular complexity index is 644. The highest BCUT2D eigenvalue weighted by molar-refractivity contribution is 7.99. The van der Waals surface area contributed by atoms with Crippen molar-refractivity contribution in [3.8, 4) is 0 Å². The summed E-state index contributed by atoms with van der Waals surface area (Å²) >= 11 is 1.57. The largest absolute Gasteiger partial charge is 0.389 e. The van der Waals surface area contributed by atoms with E-state index in [9.17, 15) is 5.11 Å². The quantitative estimate of drug-likeness (QED) is 0.919. The molecule has 0 aliphatic heterocycles. The van der Waals surface area contributed by atoms with Crippen LogP contribution in [0.2, 0.25) is 0 Å². The van der Waals surface area contributed by atoms with Gasteiger partial charge in [0.05, 0.1) is 6.10 Å². The number of aromatic nitrogens is 4. The summed E-state index contributed by atoms with van der Waals surface area (Å²) in [6.45, 7) is 1.75. The zero-order chi connectivity index (χ0) is 14.4. The third kappa shape index (κ3) is 2.70. The normalized spacial score (nSPS) is 19.7. The van der Waals surface area contributed by atoms with Gasteiger partial charge in [0, 0.05) is 18.2 Å². The average molecular weight is 302 g/mol. The molecule has 2 heterocycles. The molecular formula is C15H18N4OS. The van der Waals surface area contributed by atoms with E-state index in [0.29, 0.717) is 12.0 Å². The molecule has 6 heteroatoms. The Hall–Kier alpha value is -1.40. The van der Waals surface area contributed by atoms with Crippen LogP contribution in [0.25, 0.3) is 0 Å². The smallest absolute Gasteiger partial charge is 0.197 e. The first-order valence-electron chi connectivity index (χ1n) is 7.49. The Morgan fingerprint density at radius 3 is 2.62 bits per heavy atom. The standard InChI is InChI=1S/C15H18N4OS/c1-9(20)11-4-7-13(16-8-11)21-15-18-17-14(10-2-3-10)19(15)12-5-6-12/h4,7-10,12,20H,2-3,5-6H2,1H3. The first-order valence-corrected chi connectivity index (χ1v) is 8.30. The molecule has 110 valence electrons. The monoisotopic (exact) mass is 302 g/mol. The molecule has 1 unspecified atom stereocenters. The average Bonchev–Trinajstić information content (AvgIpc) is 3.39. The summed E-state index contributed by atoms with van der Waals surface area (Å²) in [4.78, 5) is 4.41. The lowest BCUT2D eigenvalue weighted by molar-refractivity contribution is 0.198. The van der Waals surface area contributed by atoms with Gasteiger partial charge in [-0.2, -0.15) is 0 Å². The van der Waals surface area contributed by atoms with E-state index < -0.39 is 6.10 Å². The van der Waals surface area contributed by atoms with Crippen LogP contribution in [0.3, 0.4) is 0 Å². The molecule has 5 nitrogen and oxygen atoms in total. The van der Waals surface area contributed by atoms with Gasteiger partial charge in [-0.1, -0.05) is 6.07 Å². The van der Waals surface area contributed by atoms with Gasteiger partial charge in [-0.05, 0) is 56.0 Å². The predicted molar refractivity (Wildman–Crippen MR) is 79.3 cm³/mol. The summed E-state index contributed by atoms with van der Waals surface area (Å²) in [7, 11) is 0. The molecule has 0 amide bonds. The lowest BCUT2D eigenvalue weighted by Crippen LogP contribution is -2.02. The molecule has 2 aliphatic carbocycles. The van der Waals surface area contributed by atoms with Crippen molar-refractivity contribution in [3.63, 3.8) is 0 Å². The Morgan fingerprint density at radius 2 is 2.05 bits per heavy atom. The summed E-state index contributed by atoms with van der Waals surface area (Å²) in [6.07, 6.45) is 6.22. The summed E-state index contributed by atoms with van der Waals surface area (Å²) in [5, 5.41) is 20.2. The molecule has 2 aromatic heterocycles. The number of hydrogen-bond donors (Lipinski definition) is 1. The Kier molecular flexibility index (Phi) is 3.23. The zero-order valence-electron chi connectivity index (χ0n) is 11.9. The lowest BCUT2D eigenvalue weighted by atomic mass is 10.2. The summed E-state index contributed by atoms with van der Waals surface area (Å²) in [5.41, 5.74) is 0.835. The van der Waals surface area contributed by atoms with Crippen LogP contribution in [-0.4, -0.2) is 24.9 Å². The number of hydrogen-bond acceptors (Lipinski definition) is 5. The number of pyridine rings is 1. The molecular weight excluding hydrogens is 284 g/mol. The van der Waals surface area contributed by atoms with E-state index >= 15 is 0 Å². The molecule has 0 spiro atoms. The van der Waals surface area contributed by atoms with Gasteiger partial charge in [0.25, 0.3) is 0 Å². The second-order valence-electron chi connectivity index (χ2n) is 5.92. The Morgan fingerprint density at radius 1 is 1.24 bits per heavy atom. The van der Waals surface area contributed by atoms with Gasteiger partial charge in [-0.15, -0.1) is 10.2 Å². The first-order chi connectivity index (χ1) is 10.2. The van der Waals surface area contributed by atoms with E-state index in [2.05, 4.69) is 19.7 Å². The molecule has 0 aromatic carbocycles. The van der Waals surface area contributed by atoms with Crippen molar-refractivity contribution < 1.29 is 5.11 Å². The first kappa shape index (κ1) is 13.3. The molecule has 2 aliphatic rings. The predicted octanol–water partition coefficient (Wildman–Crippen LogP) is 3.09. The molecule has 0 saturated heterocycles. The fourth-order valence-electron chi connectivity index (χ4n) is 2.45. The van der Waals surface area contributed by atoms with E-state index in [0.717, 1.165) is 15.7 Å². The lowest BCUT2D eigenvalue weighted by Gasteiger charge is -2.08. The third-order valence-electron chi connectivity index (χ3n) is 3.98. The number of aliphatic hydroxyl groups is 1. The Labute approximate surface area is 127 Å². The zero-order valence-corrected chi connectivity index (χ0v) is 12.8. The van der Waals surface area contributed by atoms with Gasteiger partial charge in [-0.25, -0.2) is 4.98 Å². The highest BCUT2D eigenvalue weighted by Crippen LogP contribution is 2.46. The maximum atomic E-state index is 9.53. The van der Waals surface area contributed by atoms with Crippen LogP contribution in [0.1, 0.15) is 62.1 Å². The van der Waals surface area contributed by atoms with Crippen LogP contribution in [0.15, 0.2) is 28.5 Å². The molecule has 2 fully saturated rings. The van der Waals surface area contributed by atoms with E-state index in [4.69, 9.17) is 0 Å². The maximum absolute atomic E-state index is 9.53. The van der Waals surface area contributed by atoms with Crippen molar-refractivity contribution in [1.82, 2.24) is 19.7 Å². The SMILES string of the molecule is CC(O)c1ccc(Sc2nnc(C3CC3)n2C2CC2)nc1. The second-order valence-corrected chi connectivity index (χ2v) is 6.91. The van der Waals surface area contributed by atoms with Crippen LogP contribution < -0.4 is 0 Å². The third-order valence-corrected chi connectivity index (χ3v) is 4.89. The minimum Gasteiger partial charge on any atom is -0.389 e. The van der Waals surface area contributed by atoms with Gasteiger partial charge in [0.1, 0.15) is 10.9 Å². The van der Waals surface area contributed by atoms with Crippen molar-refractivity contribution in [1.29, 1.82) is 0 Å². The van der Waals surface area contributed by atoms with Gasteiger partial charge < -0.3 is 9.67 Å². The summed E-state index contributed by atoms with van der Waals surface area (Å²) < 4.78 is 2.33. The Balaban J connectivity index is 1.59. The molecule has 2 aromatic rings. The minimum absolute atomic E-state index is 0.479. The van der Waals surface area contributed by atoms with Gasteiger partial charge >= 0.3 is 0 Å². The second kappa shape index (κ2) is 5.10. The fraction of sp³-hybridized carbons (Fsp3) is 0.533. The molecule has 1 N–H and O–H groups in total. The molecule has 4 rings (SSSR count). The van der Waals surface area contributed by atoms with Crippen LogP contribution in [0.5, 0.6) is 0 Å². The van der Waals surface area contributed by atoms with E-state index in [-0.39, 0.29) is 0 Å². The summed E-state index contributed by atoms with van der Waals surface area (Å²) in [6, 6.07) is 4.45. The van der Waals surface area contributed by atoms with Gasteiger partial charge in [0.2, 0.25) is 0 Å². The number of nitrogens with zero attached hydrogens (tertiary/aromatic N) is 4. The van der Waals surface area contributed by atoms with E-state index in [1.54, 1.807) is 24.9 Å². The highest BCUT2D eigenvalue weighted by Gasteiger charge is 2.36. The van der Waals surface area contributed by atoms with Crippen LogP contribution >= 0.6 is 11.8 Å². The fourth-order valence-corrected chi connectivity index (χ4v) is 3.30. The van der Waals surface area contributed by atoms with Gasteiger partial charge in [0.15, 0.2) is 5.16 Å². The van der Waals surface area contributed by atoms with E-state index in [1.807, 2.05) is 12.1 Å². The van der Waals surface area contributed by atoms with Crippen molar-refractivity contribution in [2.75, 3.05) is 0 Å². The topological polar surface area (TPSA) is 63.8 Å². The molecule has 1 atom stereocenters. The minimum atomic E-state index is -0.479. The van der Waals surface area contributed by atoms with Crippen molar-refractivity contribution in [2.45, 2.75) is 60.9 Å². The van der Waals surface area contributed by atoms with Crippen molar-refractivity contribution in [3.05, 3.63) is 29.7 Å². The molecule has 0 radical (unpaired) electrons. The number of rotatable bonds is 5. The molecule has 21 heavy (non-hydrogen) atoms. The number of aliphatic hydroxyl groups excluding tert-OH is 1. The maximum Gasteiger partial charge on any atom is 0.197 e. The highest BCUT2D eigenvalue weighted by atomic mass is 32.2. The van der Waals surface area contributed by atoms with Crippen molar-refractivity contribution in [2.24, 2.45) is 0 Å². The van der Waals surface area contributed by atoms with Gasteiger partial charge in [-0.3, -0.25) is 0 Å². The van der Waals surface area contributed by atoms with Crippen LogP contribution in [-0.2, 0) is 0 Å².